The average Bonchev–Trinajstić information content (AvgIpc) is 2.81. The molecule has 0 unspecified atom stereocenters. The fourth-order valence-corrected chi connectivity index (χ4v) is 3.99. The van der Waals surface area contributed by atoms with Crippen LogP contribution in [0, 0.1) is 0 Å². The summed E-state index contributed by atoms with van der Waals surface area (Å²) in [4.78, 5) is 1.73. The Kier molecular flexibility index (Phi) is 3.00. The third kappa shape index (κ3) is 1.86. The van der Waals surface area contributed by atoms with Gasteiger partial charge in [-0.15, -0.1) is 0 Å². The maximum Gasteiger partial charge on any atom is 0.423 e. The Hall–Kier alpha value is -2.01. The van der Waals surface area contributed by atoms with Crippen LogP contribution >= 0.6 is 0 Å². The van der Waals surface area contributed by atoms with Gasteiger partial charge in [-0.1, -0.05) is 48.5 Å². The zero-order valence-corrected chi connectivity index (χ0v) is 12.3. The van der Waals surface area contributed by atoms with Gasteiger partial charge in [0.1, 0.15) is 0 Å². The van der Waals surface area contributed by atoms with E-state index in [1.54, 1.807) is 41.3 Å². The van der Waals surface area contributed by atoms with E-state index in [9.17, 15) is 18.3 Å². The molecule has 0 spiro atoms. The normalized spacial score (nSPS) is 26.3. The van der Waals surface area contributed by atoms with Crippen LogP contribution in [0.1, 0.15) is 29.2 Å². The highest BCUT2D eigenvalue weighted by atomic mass is 19.4. The Balaban J connectivity index is 2.00. The molecule has 2 atom stereocenters. The SMILES string of the molecule is O[C@@]1(C(F)(F)F)c2cccc3c2N(CCC3)[C@H]1c1ccccc1. The van der Waals surface area contributed by atoms with Crippen LogP contribution in [0.4, 0.5) is 18.9 Å². The first kappa shape index (κ1) is 14.6. The quantitative estimate of drug-likeness (QED) is 0.860. The zero-order valence-electron chi connectivity index (χ0n) is 12.3. The minimum atomic E-state index is -4.75. The van der Waals surface area contributed by atoms with E-state index >= 15 is 0 Å². The molecule has 5 heteroatoms. The van der Waals surface area contributed by atoms with Crippen LogP contribution in [-0.2, 0) is 12.0 Å². The molecule has 2 aliphatic heterocycles. The molecular weight excluding hydrogens is 303 g/mol. The lowest BCUT2D eigenvalue weighted by molar-refractivity contribution is -0.272. The fourth-order valence-electron chi connectivity index (χ4n) is 3.99. The predicted molar refractivity (Wildman–Crippen MR) is 81.2 cm³/mol. The van der Waals surface area contributed by atoms with Crippen LogP contribution < -0.4 is 4.90 Å². The number of hydrogen-bond donors (Lipinski definition) is 1. The molecule has 2 aromatic rings. The number of nitrogens with zero attached hydrogens (tertiary/aromatic N) is 1. The Labute approximate surface area is 132 Å². The standard InChI is InChI=1S/C18H16F3NO/c19-18(20,21)17(23)14-10-4-8-12-9-5-11-22(15(12)14)16(17)13-6-2-1-3-7-13/h1-4,6-8,10,16,23H,5,9,11H2/t16-,17-/m0/s1. The van der Waals surface area contributed by atoms with Gasteiger partial charge < -0.3 is 10.0 Å². The molecule has 4 rings (SSSR count). The van der Waals surface area contributed by atoms with E-state index in [2.05, 4.69) is 0 Å². The minimum Gasteiger partial charge on any atom is -0.374 e. The summed E-state index contributed by atoms with van der Waals surface area (Å²) in [6, 6.07) is 12.2. The molecular formula is C18H16F3NO. The smallest absolute Gasteiger partial charge is 0.374 e. The molecule has 2 aliphatic rings. The lowest BCUT2D eigenvalue weighted by Gasteiger charge is -2.38. The number of rotatable bonds is 1. The van der Waals surface area contributed by atoms with Crippen LogP contribution in [-0.4, -0.2) is 17.8 Å². The number of anilines is 1. The zero-order chi connectivity index (χ0) is 16.2. The van der Waals surface area contributed by atoms with Gasteiger partial charge in [-0.05, 0) is 24.0 Å². The van der Waals surface area contributed by atoms with E-state index in [1.807, 2.05) is 6.07 Å². The Morgan fingerprint density at radius 3 is 2.48 bits per heavy atom. The molecule has 23 heavy (non-hydrogen) atoms. The molecule has 0 fully saturated rings. The molecule has 0 bridgehead atoms. The fraction of sp³-hybridized carbons (Fsp3) is 0.333. The van der Waals surface area contributed by atoms with Crippen LogP contribution in [0.25, 0.3) is 0 Å². The third-order valence-corrected chi connectivity index (χ3v) is 4.92. The highest BCUT2D eigenvalue weighted by molar-refractivity contribution is 5.70. The monoisotopic (exact) mass is 319 g/mol. The summed E-state index contributed by atoms with van der Waals surface area (Å²) < 4.78 is 41.8. The molecule has 0 aromatic heterocycles. The number of alkyl halides is 3. The molecule has 1 N–H and O–H groups in total. The third-order valence-electron chi connectivity index (χ3n) is 4.92. The minimum absolute atomic E-state index is 0.0175. The maximum atomic E-state index is 13.9. The summed E-state index contributed by atoms with van der Waals surface area (Å²) in [5, 5.41) is 10.9. The Morgan fingerprint density at radius 1 is 1.04 bits per heavy atom. The van der Waals surface area contributed by atoms with E-state index in [-0.39, 0.29) is 5.56 Å². The van der Waals surface area contributed by atoms with Crippen molar-refractivity contribution < 1.29 is 18.3 Å². The summed E-state index contributed by atoms with van der Waals surface area (Å²) in [6.07, 6.45) is -3.22. The highest BCUT2D eigenvalue weighted by Gasteiger charge is 2.66. The van der Waals surface area contributed by atoms with Gasteiger partial charge in [-0.25, -0.2) is 0 Å². The Bertz CT molecular complexity index is 744. The van der Waals surface area contributed by atoms with Crippen molar-refractivity contribution in [1.82, 2.24) is 0 Å². The van der Waals surface area contributed by atoms with Gasteiger partial charge in [0.2, 0.25) is 5.60 Å². The van der Waals surface area contributed by atoms with Crippen molar-refractivity contribution in [3.8, 4) is 0 Å². The van der Waals surface area contributed by atoms with Crippen molar-refractivity contribution in [1.29, 1.82) is 0 Å². The second-order valence-electron chi connectivity index (χ2n) is 6.19. The van der Waals surface area contributed by atoms with Crippen molar-refractivity contribution in [2.24, 2.45) is 0 Å². The van der Waals surface area contributed by atoms with E-state index in [1.165, 1.54) is 6.07 Å². The van der Waals surface area contributed by atoms with E-state index in [0.717, 1.165) is 18.4 Å². The number of para-hydroxylation sites is 1. The molecule has 0 radical (unpaired) electrons. The highest BCUT2D eigenvalue weighted by Crippen LogP contribution is 2.60. The van der Waals surface area contributed by atoms with Gasteiger partial charge in [0.25, 0.3) is 0 Å². The molecule has 0 amide bonds. The molecule has 2 heterocycles. The van der Waals surface area contributed by atoms with Crippen LogP contribution in [0.2, 0.25) is 0 Å². The van der Waals surface area contributed by atoms with Gasteiger partial charge in [0.05, 0.1) is 6.04 Å². The lowest BCUT2D eigenvalue weighted by Crippen LogP contribution is -2.48. The first-order chi connectivity index (χ1) is 10.9. The molecule has 2 nitrogen and oxygen atoms in total. The molecule has 0 aliphatic carbocycles. The van der Waals surface area contributed by atoms with Crippen LogP contribution in [0.5, 0.6) is 0 Å². The van der Waals surface area contributed by atoms with Crippen molar-refractivity contribution in [3.63, 3.8) is 0 Å². The number of benzene rings is 2. The Morgan fingerprint density at radius 2 is 1.78 bits per heavy atom. The maximum absolute atomic E-state index is 13.9. The number of aliphatic hydroxyl groups is 1. The first-order valence-electron chi connectivity index (χ1n) is 7.67. The van der Waals surface area contributed by atoms with Gasteiger partial charge in [-0.2, -0.15) is 13.2 Å². The summed E-state index contributed by atoms with van der Waals surface area (Å²) >= 11 is 0. The van der Waals surface area contributed by atoms with Crippen molar-refractivity contribution >= 4 is 5.69 Å². The second kappa shape index (κ2) is 4.74. The van der Waals surface area contributed by atoms with Gasteiger partial charge in [0.15, 0.2) is 0 Å². The molecule has 0 saturated carbocycles. The molecule has 0 saturated heterocycles. The van der Waals surface area contributed by atoms with Crippen LogP contribution in [0.3, 0.4) is 0 Å². The van der Waals surface area contributed by atoms with Crippen molar-refractivity contribution in [3.05, 3.63) is 65.2 Å². The van der Waals surface area contributed by atoms with Crippen LogP contribution in [0.15, 0.2) is 48.5 Å². The van der Waals surface area contributed by atoms with Gasteiger partial charge in [0, 0.05) is 17.8 Å². The topological polar surface area (TPSA) is 23.5 Å². The van der Waals surface area contributed by atoms with Crippen molar-refractivity contribution in [2.75, 3.05) is 11.4 Å². The molecule has 120 valence electrons. The van der Waals surface area contributed by atoms with Gasteiger partial charge in [-0.3, -0.25) is 0 Å². The van der Waals surface area contributed by atoms with E-state index in [0.29, 0.717) is 17.8 Å². The number of hydrogen-bond acceptors (Lipinski definition) is 2. The van der Waals surface area contributed by atoms with Crippen molar-refractivity contribution in [2.45, 2.75) is 30.7 Å². The number of halogens is 3. The summed E-state index contributed by atoms with van der Waals surface area (Å²) in [5.41, 5.74) is -0.973. The van der Waals surface area contributed by atoms with E-state index < -0.39 is 17.8 Å². The summed E-state index contributed by atoms with van der Waals surface area (Å²) in [5.74, 6) is 0. The lowest BCUT2D eigenvalue weighted by atomic mass is 9.84. The second-order valence-corrected chi connectivity index (χ2v) is 6.19. The molecule has 2 aromatic carbocycles. The largest absolute Gasteiger partial charge is 0.423 e. The van der Waals surface area contributed by atoms with E-state index in [4.69, 9.17) is 0 Å². The summed E-state index contributed by atoms with van der Waals surface area (Å²) in [7, 11) is 0. The average molecular weight is 319 g/mol. The first-order valence-corrected chi connectivity index (χ1v) is 7.67. The summed E-state index contributed by atoms with van der Waals surface area (Å²) in [6.45, 7) is 0.516. The van der Waals surface area contributed by atoms with Gasteiger partial charge >= 0.3 is 6.18 Å². The predicted octanol–water partition coefficient (Wildman–Crippen LogP) is 3.94. The number of aryl methyl sites for hydroxylation is 1.